The molecule has 0 aliphatic heterocycles. The van der Waals surface area contributed by atoms with Gasteiger partial charge in [0.2, 0.25) is 5.91 Å². The lowest BCUT2D eigenvalue weighted by Crippen LogP contribution is -2.14. The molecule has 3 nitrogen and oxygen atoms in total. The third kappa shape index (κ3) is 4.35. The number of pyridine rings is 1. The second-order valence-corrected chi connectivity index (χ2v) is 6.41. The van der Waals surface area contributed by atoms with Gasteiger partial charge in [0.05, 0.1) is 5.75 Å². The minimum Gasteiger partial charge on any atom is -0.310 e. The first kappa shape index (κ1) is 15.1. The molecule has 0 aliphatic rings. The van der Waals surface area contributed by atoms with Crippen molar-refractivity contribution in [2.24, 2.45) is 0 Å². The molecule has 0 bridgehead atoms. The molecular weight excluding hydrogens is 336 g/mol. The summed E-state index contributed by atoms with van der Waals surface area (Å²) in [5.74, 6) is 0.891. The zero-order valence-corrected chi connectivity index (χ0v) is 13.7. The van der Waals surface area contributed by atoms with Gasteiger partial charge in [-0.15, -0.1) is 11.8 Å². The molecule has 5 heteroatoms. The van der Waals surface area contributed by atoms with E-state index in [0.29, 0.717) is 11.6 Å². The Morgan fingerprint density at radius 2 is 2.05 bits per heavy atom. The highest BCUT2D eigenvalue weighted by Gasteiger charge is 2.05. The summed E-state index contributed by atoms with van der Waals surface area (Å²) in [6.07, 6.45) is 1.66. The first-order valence-electron chi connectivity index (χ1n) is 6.16. The summed E-state index contributed by atoms with van der Waals surface area (Å²) in [5.41, 5.74) is 2.50. The number of rotatable bonds is 4. The lowest BCUT2D eigenvalue weighted by molar-refractivity contribution is -0.113. The molecule has 1 amide bonds. The van der Waals surface area contributed by atoms with Gasteiger partial charge in [-0.25, -0.2) is 4.98 Å². The van der Waals surface area contributed by atoms with E-state index in [1.54, 1.807) is 12.3 Å². The van der Waals surface area contributed by atoms with E-state index in [2.05, 4.69) is 52.2 Å². The quantitative estimate of drug-likeness (QED) is 0.840. The van der Waals surface area contributed by atoms with Gasteiger partial charge >= 0.3 is 0 Å². The first-order chi connectivity index (χ1) is 9.54. The Kier molecular flexibility index (Phi) is 5.20. The number of hydrogen-bond donors (Lipinski definition) is 1. The Labute approximate surface area is 131 Å². The SMILES string of the molecule is Cc1ccc(SCC(=O)Nc2ccc(Br)cn2)cc1C. The van der Waals surface area contributed by atoms with Gasteiger partial charge in [-0.3, -0.25) is 4.79 Å². The minimum atomic E-state index is -0.0527. The summed E-state index contributed by atoms with van der Waals surface area (Å²) in [6, 6.07) is 9.83. The summed E-state index contributed by atoms with van der Waals surface area (Å²) in [4.78, 5) is 17.1. The number of halogens is 1. The highest BCUT2D eigenvalue weighted by atomic mass is 79.9. The van der Waals surface area contributed by atoms with Crippen LogP contribution in [-0.2, 0) is 4.79 Å². The molecule has 0 unspecified atom stereocenters. The maximum atomic E-state index is 11.8. The standard InChI is InChI=1S/C15H15BrN2OS/c1-10-3-5-13(7-11(10)2)20-9-15(19)18-14-6-4-12(16)8-17-14/h3-8H,9H2,1-2H3,(H,17,18,19). The van der Waals surface area contributed by atoms with Crippen molar-refractivity contribution in [1.82, 2.24) is 4.98 Å². The van der Waals surface area contributed by atoms with Crippen LogP contribution in [0.25, 0.3) is 0 Å². The number of aromatic nitrogens is 1. The number of benzene rings is 1. The van der Waals surface area contributed by atoms with Crippen LogP contribution < -0.4 is 5.32 Å². The largest absolute Gasteiger partial charge is 0.310 e. The van der Waals surface area contributed by atoms with Crippen molar-refractivity contribution in [1.29, 1.82) is 0 Å². The zero-order chi connectivity index (χ0) is 14.5. The molecule has 0 fully saturated rings. The molecule has 0 aliphatic carbocycles. The fraction of sp³-hybridized carbons (Fsp3) is 0.200. The van der Waals surface area contributed by atoms with Crippen LogP contribution in [0, 0.1) is 13.8 Å². The van der Waals surface area contributed by atoms with E-state index in [1.165, 1.54) is 22.9 Å². The Hall–Kier alpha value is -1.33. The van der Waals surface area contributed by atoms with Gasteiger partial charge in [-0.1, -0.05) is 6.07 Å². The molecule has 1 heterocycles. The molecular formula is C15H15BrN2OS. The molecule has 2 aromatic rings. The summed E-state index contributed by atoms with van der Waals surface area (Å²) in [5, 5.41) is 2.77. The van der Waals surface area contributed by atoms with E-state index in [4.69, 9.17) is 0 Å². The number of nitrogens with zero attached hydrogens (tertiary/aromatic N) is 1. The number of hydrogen-bond acceptors (Lipinski definition) is 3. The molecule has 0 spiro atoms. The Balaban J connectivity index is 1.88. The van der Waals surface area contributed by atoms with Gasteiger partial charge in [0.1, 0.15) is 5.82 Å². The van der Waals surface area contributed by atoms with Gasteiger partial charge in [0.15, 0.2) is 0 Å². The third-order valence-electron chi connectivity index (χ3n) is 2.84. The van der Waals surface area contributed by atoms with E-state index < -0.39 is 0 Å². The minimum absolute atomic E-state index is 0.0527. The Morgan fingerprint density at radius 3 is 2.70 bits per heavy atom. The number of anilines is 1. The van der Waals surface area contributed by atoms with Crippen molar-refractivity contribution in [2.75, 3.05) is 11.1 Å². The van der Waals surface area contributed by atoms with Crippen LogP contribution in [0.5, 0.6) is 0 Å². The van der Waals surface area contributed by atoms with Crippen LogP contribution in [0.2, 0.25) is 0 Å². The van der Waals surface area contributed by atoms with Gasteiger partial charge in [-0.05, 0) is 65.2 Å². The molecule has 2 rings (SSSR count). The molecule has 0 radical (unpaired) electrons. The van der Waals surface area contributed by atoms with Gasteiger partial charge in [0.25, 0.3) is 0 Å². The maximum absolute atomic E-state index is 11.8. The van der Waals surface area contributed by atoms with Crippen molar-refractivity contribution in [3.8, 4) is 0 Å². The third-order valence-corrected chi connectivity index (χ3v) is 4.31. The molecule has 104 valence electrons. The summed E-state index contributed by atoms with van der Waals surface area (Å²) in [7, 11) is 0. The van der Waals surface area contributed by atoms with Crippen molar-refractivity contribution < 1.29 is 4.79 Å². The number of carbonyl (C=O) groups is 1. The summed E-state index contributed by atoms with van der Waals surface area (Å²) >= 11 is 4.83. The smallest absolute Gasteiger partial charge is 0.235 e. The topological polar surface area (TPSA) is 42.0 Å². The Morgan fingerprint density at radius 1 is 1.25 bits per heavy atom. The fourth-order valence-corrected chi connectivity index (χ4v) is 2.61. The lowest BCUT2D eigenvalue weighted by Gasteiger charge is -2.06. The van der Waals surface area contributed by atoms with Crippen molar-refractivity contribution in [2.45, 2.75) is 18.7 Å². The molecule has 0 saturated heterocycles. The maximum Gasteiger partial charge on any atom is 0.235 e. The van der Waals surface area contributed by atoms with E-state index in [1.807, 2.05) is 12.1 Å². The average molecular weight is 351 g/mol. The summed E-state index contributed by atoms with van der Waals surface area (Å²) in [6.45, 7) is 4.15. The van der Waals surface area contributed by atoms with Crippen molar-refractivity contribution in [3.63, 3.8) is 0 Å². The van der Waals surface area contributed by atoms with Crippen LogP contribution in [0.4, 0.5) is 5.82 Å². The Bertz CT molecular complexity index is 614. The van der Waals surface area contributed by atoms with Gasteiger partial charge in [-0.2, -0.15) is 0 Å². The van der Waals surface area contributed by atoms with Crippen molar-refractivity contribution in [3.05, 3.63) is 52.1 Å². The zero-order valence-electron chi connectivity index (χ0n) is 11.3. The van der Waals surface area contributed by atoms with Crippen LogP contribution in [0.3, 0.4) is 0 Å². The van der Waals surface area contributed by atoms with Crippen LogP contribution in [0.15, 0.2) is 45.9 Å². The van der Waals surface area contributed by atoms with E-state index >= 15 is 0 Å². The number of nitrogens with one attached hydrogen (secondary N) is 1. The van der Waals surface area contributed by atoms with Crippen molar-refractivity contribution >= 4 is 39.4 Å². The van der Waals surface area contributed by atoms with Crippen LogP contribution in [-0.4, -0.2) is 16.6 Å². The molecule has 0 saturated carbocycles. The van der Waals surface area contributed by atoms with Gasteiger partial charge in [0, 0.05) is 15.6 Å². The second kappa shape index (κ2) is 6.90. The van der Waals surface area contributed by atoms with Crippen LogP contribution >= 0.6 is 27.7 Å². The monoisotopic (exact) mass is 350 g/mol. The van der Waals surface area contributed by atoms with E-state index in [9.17, 15) is 4.79 Å². The number of thioether (sulfide) groups is 1. The molecule has 20 heavy (non-hydrogen) atoms. The number of carbonyl (C=O) groups excluding carboxylic acids is 1. The lowest BCUT2D eigenvalue weighted by atomic mass is 10.1. The molecule has 1 aromatic heterocycles. The number of amides is 1. The highest BCUT2D eigenvalue weighted by molar-refractivity contribution is 9.10. The predicted octanol–water partition coefficient (Wildman–Crippen LogP) is 4.19. The fourth-order valence-electron chi connectivity index (χ4n) is 1.58. The molecule has 1 N–H and O–H groups in total. The summed E-state index contributed by atoms with van der Waals surface area (Å²) < 4.78 is 0.889. The van der Waals surface area contributed by atoms with E-state index in [0.717, 1.165) is 9.37 Å². The predicted molar refractivity (Wildman–Crippen MR) is 87.2 cm³/mol. The van der Waals surface area contributed by atoms with E-state index in [-0.39, 0.29) is 5.91 Å². The highest BCUT2D eigenvalue weighted by Crippen LogP contribution is 2.21. The normalized spacial score (nSPS) is 10.3. The molecule has 1 aromatic carbocycles. The van der Waals surface area contributed by atoms with Crippen LogP contribution in [0.1, 0.15) is 11.1 Å². The molecule has 0 atom stereocenters. The second-order valence-electron chi connectivity index (χ2n) is 4.44. The number of aryl methyl sites for hydroxylation is 2. The van der Waals surface area contributed by atoms with Gasteiger partial charge < -0.3 is 5.32 Å². The first-order valence-corrected chi connectivity index (χ1v) is 7.94. The average Bonchev–Trinajstić information content (AvgIpc) is 2.43.